The molecule has 2 aliphatic heterocycles. The van der Waals surface area contributed by atoms with Crippen LogP contribution in [0.3, 0.4) is 0 Å². The topological polar surface area (TPSA) is 60.9 Å². The van der Waals surface area contributed by atoms with Crippen molar-refractivity contribution in [1.82, 2.24) is 9.80 Å². The minimum Gasteiger partial charge on any atom is -0.393 e. The molecular weight excluding hydrogens is 316 g/mol. The van der Waals surface area contributed by atoms with Crippen LogP contribution in [0.5, 0.6) is 0 Å². The van der Waals surface area contributed by atoms with Crippen LogP contribution >= 0.6 is 0 Å². The van der Waals surface area contributed by atoms with Crippen LogP contribution in [-0.2, 0) is 22.6 Å². The molecule has 1 fully saturated rings. The number of fused-ring (bicyclic) bond motifs is 1. The minimum absolute atomic E-state index is 0.0260. The number of hydrogen-bond donors (Lipinski definition) is 1. The first kappa shape index (κ1) is 17.9. The number of carbonyl (C=O) groups is 2. The fraction of sp³-hybridized carbons (Fsp3) is 0.600. The lowest BCUT2D eigenvalue weighted by Gasteiger charge is -2.41. The van der Waals surface area contributed by atoms with Crippen LogP contribution in [0.2, 0.25) is 0 Å². The van der Waals surface area contributed by atoms with Gasteiger partial charge in [-0.15, -0.1) is 0 Å². The van der Waals surface area contributed by atoms with Gasteiger partial charge in [-0.25, -0.2) is 0 Å². The Morgan fingerprint density at radius 1 is 1.20 bits per heavy atom. The summed E-state index contributed by atoms with van der Waals surface area (Å²) >= 11 is 0. The number of aliphatic hydroxyl groups is 1. The smallest absolute Gasteiger partial charge is 0.245 e. The lowest BCUT2D eigenvalue weighted by Crippen LogP contribution is -2.56. The number of nitrogens with zero attached hydrogens (tertiary/aromatic N) is 2. The third-order valence-electron chi connectivity index (χ3n) is 5.63. The Balaban J connectivity index is 1.85. The second kappa shape index (κ2) is 7.56. The molecule has 5 nitrogen and oxygen atoms in total. The number of aliphatic hydroxyl groups excluding tert-OH is 1. The number of likely N-dealkylation sites (tertiary alicyclic amines) is 1. The van der Waals surface area contributed by atoms with Crippen LogP contribution in [0.1, 0.15) is 44.2 Å². The Morgan fingerprint density at radius 2 is 1.84 bits per heavy atom. The standard InChI is InChI=1S/C20H28N2O3/c1-3-14(2)19(24)22-13-16-7-5-4-6-15(16)12-18(22)20(25)21-10-8-17(23)9-11-21/h4-7,14,17-18,23H,3,8-13H2,1-2H3. The molecule has 0 aromatic heterocycles. The van der Waals surface area contributed by atoms with Gasteiger partial charge in [-0.1, -0.05) is 38.1 Å². The highest BCUT2D eigenvalue weighted by atomic mass is 16.3. The summed E-state index contributed by atoms with van der Waals surface area (Å²) in [6.45, 7) is 5.59. The van der Waals surface area contributed by atoms with E-state index in [-0.39, 0.29) is 23.8 Å². The molecule has 0 saturated carbocycles. The summed E-state index contributed by atoms with van der Waals surface area (Å²) in [5.41, 5.74) is 2.29. The van der Waals surface area contributed by atoms with Crippen molar-refractivity contribution in [3.63, 3.8) is 0 Å². The maximum absolute atomic E-state index is 13.1. The van der Waals surface area contributed by atoms with E-state index in [0.29, 0.717) is 38.9 Å². The second-order valence-electron chi connectivity index (χ2n) is 7.32. The molecular formula is C20H28N2O3. The van der Waals surface area contributed by atoms with Crippen molar-refractivity contribution in [2.45, 2.75) is 58.2 Å². The van der Waals surface area contributed by atoms with E-state index in [1.54, 1.807) is 4.90 Å². The molecule has 1 aromatic rings. The number of hydrogen-bond acceptors (Lipinski definition) is 3. The average Bonchev–Trinajstić information content (AvgIpc) is 2.65. The van der Waals surface area contributed by atoms with Gasteiger partial charge in [0.25, 0.3) is 0 Å². The largest absolute Gasteiger partial charge is 0.393 e. The minimum atomic E-state index is -0.424. The lowest BCUT2D eigenvalue weighted by molar-refractivity contribution is -0.150. The molecule has 0 spiro atoms. The highest BCUT2D eigenvalue weighted by Gasteiger charge is 2.38. The summed E-state index contributed by atoms with van der Waals surface area (Å²) in [6.07, 6.45) is 2.28. The predicted molar refractivity (Wildman–Crippen MR) is 95.8 cm³/mol. The first-order valence-corrected chi connectivity index (χ1v) is 9.35. The van der Waals surface area contributed by atoms with Crippen molar-refractivity contribution in [1.29, 1.82) is 0 Å². The van der Waals surface area contributed by atoms with E-state index in [1.807, 2.05) is 36.9 Å². The van der Waals surface area contributed by atoms with Gasteiger partial charge >= 0.3 is 0 Å². The fourth-order valence-electron chi connectivity index (χ4n) is 3.73. The van der Waals surface area contributed by atoms with Crippen LogP contribution in [0.25, 0.3) is 0 Å². The Hall–Kier alpha value is -1.88. The van der Waals surface area contributed by atoms with Gasteiger partial charge in [-0.05, 0) is 30.4 Å². The predicted octanol–water partition coefficient (Wildman–Crippen LogP) is 1.97. The Kier molecular flexibility index (Phi) is 5.42. The Morgan fingerprint density at radius 3 is 2.48 bits per heavy atom. The monoisotopic (exact) mass is 344 g/mol. The maximum Gasteiger partial charge on any atom is 0.245 e. The van der Waals surface area contributed by atoms with E-state index >= 15 is 0 Å². The molecule has 2 aliphatic rings. The van der Waals surface area contributed by atoms with Gasteiger partial charge in [-0.3, -0.25) is 9.59 Å². The number of amides is 2. The van der Waals surface area contributed by atoms with Crippen LogP contribution in [0, 0.1) is 5.92 Å². The van der Waals surface area contributed by atoms with Gasteiger partial charge < -0.3 is 14.9 Å². The van der Waals surface area contributed by atoms with Crippen molar-refractivity contribution >= 4 is 11.8 Å². The van der Waals surface area contributed by atoms with Crippen molar-refractivity contribution in [2.24, 2.45) is 5.92 Å². The Bertz CT molecular complexity index is 638. The summed E-state index contributed by atoms with van der Waals surface area (Å²) in [6, 6.07) is 7.65. The van der Waals surface area contributed by atoms with Gasteiger partial charge in [0.2, 0.25) is 11.8 Å². The summed E-state index contributed by atoms with van der Waals surface area (Å²) in [4.78, 5) is 29.7. The van der Waals surface area contributed by atoms with Gasteiger partial charge in [0.15, 0.2) is 0 Å². The molecule has 2 heterocycles. The van der Waals surface area contributed by atoms with Gasteiger partial charge in [-0.2, -0.15) is 0 Å². The molecule has 1 saturated heterocycles. The molecule has 1 N–H and O–H groups in total. The van der Waals surface area contributed by atoms with Crippen LogP contribution in [-0.4, -0.2) is 52.0 Å². The van der Waals surface area contributed by atoms with Crippen LogP contribution in [0.4, 0.5) is 0 Å². The zero-order valence-electron chi connectivity index (χ0n) is 15.1. The molecule has 1 aromatic carbocycles. The zero-order valence-corrected chi connectivity index (χ0v) is 15.1. The Labute approximate surface area is 149 Å². The highest BCUT2D eigenvalue weighted by Crippen LogP contribution is 2.27. The van der Waals surface area contributed by atoms with Crippen LogP contribution < -0.4 is 0 Å². The second-order valence-corrected chi connectivity index (χ2v) is 7.32. The van der Waals surface area contributed by atoms with Gasteiger partial charge in [0.05, 0.1) is 6.10 Å². The van der Waals surface area contributed by atoms with E-state index in [2.05, 4.69) is 6.07 Å². The van der Waals surface area contributed by atoms with Crippen molar-refractivity contribution in [3.05, 3.63) is 35.4 Å². The highest BCUT2D eigenvalue weighted by molar-refractivity contribution is 5.89. The fourth-order valence-corrected chi connectivity index (χ4v) is 3.73. The number of rotatable bonds is 3. The summed E-state index contributed by atoms with van der Waals surface area (Å²) < 4.78 is 0. The summed E-state index contributed by atoms with van der Waals surface area (Å²) in [7, 11) is 0. The molecule has 2 unspecified atom stereocenters. The summed E-state index contributed by atoms with van der Waals surface area (Å²) in [5, 5.41) is 9.69. The average molecular weight is 344 g/mol. The van der Waals surface area contributed by atoms with Crippen molar-refractivity contribution < 1.29 is 14.7 Å². The molecule has 0 radical (unpaired) electrons. The molecule has 136 valence electrons. The zero-order chi connectivity index (χ0) is 18.0. The molecule has 5 heteroatoms. The normalized spacial score (nSPS) is 22.4. The molecule has 2 amide bonds. The summed E-state index contributed by atoms with van der Waals surface area (Å²) in [5.74, 6) is 0.00851. The first-order valence-electron chi connectivity index (χ1n) is 9.35. The SMILES string of the molecule is CCC(C)C(=O)N1Cc2ccccc2CC1C(=O)N1CCC(O)CC1. The number of benzene rings is 1. The molecule has 0 bridgehead atoms. The van der Waals surface area contributed by atoms with Gasteiger partial charge in [0.1, 0.15) is 6.04 Å². The van der Waals surface area contributed by atoms with E-state index in [0.717, 1.165) is 17.5 Å². The van der Waals surface area contributed by atoms with Crippen molar-refractivity contribution in [2.75, 3.05) is 13.1 Å². The van der Waals surface area contributed by atoms with Crippen LogP contribution in [0.15, 0.2) is 24.3 Å². The van der Waals surface area contributed by atoms with E-state index in [1.165, 1.54) is 0 Å². The number of carbonyl (C=O) groups excluding carboxylic acids is 2. The molecule has 0 aliphatic carbocycles. The molecule has 3 rings (SSSR count). The van der Waals surface area contributed by atoms with Gasteiger partial charge in [0, 0.05) is 32.0 Å². The lowest BCUT2D eigenvalue weighted by atomic mass is 9.91. The van der Waals surface area contributed by atoms with E-state index < -0.39 is 6.04 Å². The number of piperidine rings is 1. The third-order valence-corrected chi connectivity index (χ3v) is 5.63. The first-order chi connectivity index (χ1) is 12.0. The third kappa shape index (κ3) is 3.71. The molecule has 2 atom stereocenters. The maximum atomic E-state index is 13.1. The van der Waals surface area contributed by atoms with Crippen molar-refractivity contribution in [3.8, 4) is 0 Å². The quantitative estimate of drug-likeness (QED) is 0.912. The van der Waals surface area contributed by atoms with E-state index in [9.17, 15) is 14.7 Å². The molecule has 25 heavy (non-hydrogen) atoms. The van der Waals surface area contributed by atoms with E-state index in [4.69, 9.17) is 0 Å².